The van der Waals surface area contributed by atoms with Crippen molar-refractivity contribution < 1.29 is 9.53 Å². The molecule has 1 heterocycles. The zero-order valence-corrected chi connectivity index (χ0v) is 16.2. The van der Waals surface area contributed by atoms with E-state index in [0.29, 0.717) is 19.1 Å². The van der Waals surface area contributed by atoms with Crippen LogP contribution >= 0.6 is 0 Å². The zero-order chi connectivity index (χ0) is 19.1. The average Bonchev–Trinajstić information content (AvgIpc) is 2.73. The number of carbonyl (C=O) groups excluding carboxylic acids is 1. The molecule has 2 N–H and O–H groups in total. The number of aryl methyl sites for hydroxylation is 1. The molecule has 1 aliphatic heterocycles. The SMILES string of the molecule is CCOc1ccc(CCC2CCN(C(=O)c3ccc(CN)cc3)CC2)cc1. The van der Waals surface area contributed by atoms with E-state index in [-0.39, 0.29) is 5.91 Å². The van der Waals surface area contributed by atoms with E-state index >= 15 is 0 Å². The second kappa shape index (κ2) is 9.56. The van der Waals surface area contributed by atoms with E-state index in [1.165, 1.54) is 12.0 Å². The summed E-state index contributed by atoms with van der Waals surface area (Å²) < 4.78 is 5.50. The second-order valence-corrected chi connectivity index (χ2v) is 7.25. The third-order valence-corrected chi connectivity index (χ3v) is 5.41. The van der Waals surface area contributed by atoms with Crippen LogP contribution in [0.1, 0.15) is 47.7 Å². The van der Waals surface area contributed by atoms with Gasteiger partial charge < -0.3 is 15.4 Å². The van der Waals surface area contributed by atoms with E-state index in [1.54, 1.807) is 0 Å². The number of hydrogen-bond acceptors (Lipinski definition) is 3. The maximum atomic E-state index is 12.7. The highest BCUT2D eigenvalue weighted by atomic mass is 16.5. The summed E-state index contributed by atoms with van der Waals surface area (Å²) in [6.45, 7) is 4.92. The van der Waals surface area contributed by atoms with Gasteiger partial charge in [0.2, 0.25) is 0 Å². The number of hydrogen-bond donors (Lipinski definition) is 1. The monoisotopic (exact) mass is 366 g/mol. The summed E-state index contributed by atoms with van der Waals surface area (Å²) in [7, 11) is 0. The Morgan fingerprint density at radius 3 is 2.26 bits per heavy atom. The number of ether oxygens (including phenoxy) is 1. The Labute approximate surface area is 162 Å². The highest BCUT2D eigenvalue weighted by molar-refractivity contribution is 5.94. The van der Waals surface area contributed by atoms with Crippen LogP contribution in [-0.2, 0) is 13.0 Å². The van der Waals surface area contributed by atoms with Crippen LogP contribution in [0, 0.1) is 5.92 Å². The van der Waals surface area contributed by atoms with Crippen molar-refractivity contribution >= 4 is 5.91 Å². The molecule has 1 fully saturated rings. The van der Waals surface area contributed by atoms with Gasteiger partial charge in [0.25, 0.3) is 5.91 Å². The van der Waals surface area contributed by atoms with Gasteiger partial charge >= 0.3 is 0 Å². The predicted molar refractivity (Wildman–Crippen MR) is 109 cm³/mol. The highest BCUT2D eigenvalue weighted by Crippen LogP contribution is 2.24. The Bertz CT molecular complexity index is 717. The molecular formula is C23H30N2O2. The topological polar surface area (TPSA) is 55.6 Å². The van der Waals surface area contributed by atoms with Gasteiger partial charge in [0.05, 0.1) is 6.61 Å². The number of piperidine rings is 1. The average molecular weight is 367 g/mol. The number of amides is 1. The Balaban J connectivity index is 1.44. The first-order chi connectivity index (χ1) is 13.2. The number of benzene rings is 2. The lowest BCUT2D eigenvalue weighted by molar-refractivity contribution is 0.0687. The predicted octanol–water partition coefficient (Wildman–Crippen LogP) is 4.03. The minimum absolute atomic E-state index is 0.142. The molecule has 0 unspecified atom stereocenters. The summed E-state index contributed by atoms with van der Waals surface area (Å²) in [4.78, 5) is 14.6. The molecule has 4 heteroatoms. The van der Waals surface area contributed by atoms with Crippen LogP contribution in [0.5, 0.6) is 5.75 Å². The molecule has 144 valence electrons. The summed E-state index contributed by atoms with van der Waals surface area (Å²) in [6.07, 6.45) is 4.44. The number of nitrogens with zero attached hydrogens (tertiary/aromatic N) is 1. The number of likely N-dealkylation sites (tertiary alicyclic amines) is 1. The van der Waals surface area contributed by atoms with Crippen molar-refractivity contribution in [3.8, 4) is 5.75 Å². The van der Waals surface area contributed by atoms with Crippen LogP contribution in [-0.4, -0.2) is 30.5 Å². The summed E-state index contributed by atoms with van der Waals surface area (Å²) in [5, 5.41) is 0. The summed E-state index contributed by atoms with van der Waals surface area (Å²) in [5.41, 5.74) is 8.80. The van der Waals surface area contributed by atoms with Crippen LogP contribution in [0.4, 0.5) is 0 Å². The minimum Gasteiger partial charge on any atom is -0.494 e. The van der Waals surface area contributed by atoms with E-state index < -0.39 is 0 Å². The second-order valence-electron chi connectivity index (χ2n) is 7.25. The Kier molecular flexibility index (Phi) is 6.88. The van der Waals surface area contributed by atoms with Crippen LogP contribution < -0.4 is 10.5 Å². The lowest BCUT2D eigenvalue weighted by Gasteiger charge is -2.32. The normalized spacial score (nSPS) is 15.0. The van der Waals surface area contributed by atoms with Gasteiger partial charge in [0.1, 0.15) is 5.75 Å². The maximum absolute atomic E-state index is 12.7. The third-order valence-electron chi connectivity index (χ3n) is 5.41. The highest BCUT2D eigenvalue weighted by Gasteiger charge is 2.23. The zero-order valence-electron chi connectivity index (χ0n) is 16.2. The van der Waals surface area contributed by atoms with Crippen LogP contribution in [0.3, 0.4) is 0 Å². The Morgan fingerprint density at radius 2 is 1.67 bits per heavy atom. The standard InChI is InChI=1S/C23H30N2O2/c1-2-27-22-11-7-18(8-12-22)3-4-19-13-15-25(16-14-19)23(26)21-9-5-20(17-24)6-10-21/h5-12,19H,2-4,13-17,24H2,1H3. The largest absolute Gasteiger partial charge is 0.494 e. The van der Waals surface area contributed by atoms with Crippen LogP contribution in [0.15, 0.2) is 48.5 Å². The van der Waals surface area contributed by atoms with Gasteiger partial charge in [-0.15, -0.1) is 0 Å². The van der Waals surface area contributed by atoms with Crippen molar-refractivity contribution in [2.75, 3.05) is 19.7 Å². The van der Waals surface area contributed by atoms with E-state index in [4.69, 9.17) is 10.5 Å². The molecule has 27 heavy (non-hydrogen) atoms. The Hall–Kier alpha value is -2.33. The number of rotatable bonds is 7. The fourth-order valence-corrected chi connectivity index (χ4v) is 3.68. The molecule has 1 amide bonds. The lowest BCUT2D eigenvalue weighted by Crippen LogP contribution is -2.38. The molecule has 0 radical (unpaired) electrons. The molecule has 0 aliphatic carbocycles. The minimum atomic E-state index is 0.142. The maximum Gasteiger partial charge on any atom is 0.253 e. The van der Waals surface area contributed by atoms with Gasteiger partial charge in [-0.25, -0.2) is 0 Å². The fourth-order valence-electron chi connectivity index (χ4n) is 3.68. The van der Waals surface area contributed by atoms with Crippen LogP contribution in [0.25, 0.3) is 0 Å². The molecule has 0 spiro atoms. The van der Waals surface area contributed by atoms with Crippen molar-refractivity contribution in [3.05, 3.63) is 65.2 Å². The van der Waals surface area contributed by atoms with E-state index in [1.807, 2.05) is 36.1 Å². The molecule has 2 aromatic rings. The quantitative estimate of drug-likeness (QED) is 0.805. The fraction of sp³-hybridized carbons (Fsp3) is 0.435. The molecule has 1 saturated heterocycles. The smallest absolute Gasteiger partial charge is 0.253 e. The number of nitrogens with two attached hydrogens (primary N) is 1. The first-order valence-corrected chi connectivity index (χ1v) is 9.99. The van der Waals surface area contributed by atoms with Gasteiger partial charge in [-0.3, -0.25) is 4.79 Å². The van der Waals surface area contributed by atoms with E-state index in [2.05, 4.69) is 24.3 Å². The summed E-state index contributed by atoms with van der Waals surface area (Å²) in [5.74, 6) is 1.77. The van der Waals surface area contributed by atoms with Gasteiger partial charge in [-0.1, -0.05) is 24.3 Å². The van der Waals surface area contributed by atoms with E-state index in [9.17, 15) is 4.79 Å². The number of carbonyl (C=O) groups is 1. The van der Waals surface area contributed by atoms with Crippen molar-refractivity contribution in [3.63, 3.8) is 0 Å². The van der Waals surface area contributed by atoms with Gasteiger partial charge in [-0.05, 0) is 73.9 Å². The molecular weight excluding hydrogens is 336 g/mol. The van der Waals surface area contributed by atoms with Crippen LogP contribution in [0.2, 0.25) is 0 Å². The van der Waals surface area contributed by atoms with Crippen molar-refractivity contribution in [1.82, 2.24) is 4.90 Å². The first-order valence-electron chi connectivity index (χ1n) is 9.99. The first kappa shape index (κ1) is 19.4. The van der Waals surface area contributed by atoms with E-state index in [0.717, 1.165) is 49.2 Å². The van der Waals surface area contributed by atoms with Gasteiger partial charge in [0, 0.05) is 25.2 Å². The summed E-state index contributed by atoms with van der Waals surface area (Å²) in [6, 6.07) is 16.1. The van der Waals surface area contributed by atoms with Gasteiger partial charge in [0.15, 0.2) is 0 Å². The molecule has 0 saturated carbocycles. The van der Waals surface area contributed by atoms with Crippen molar-refractivity contribution in [2.45, 2.75) is 39.2 Å². The molecule has 0 atom stereocenters. The van der Waals surface area contributed by atoms with Crippen molar-refractivity contribution in [1.29, 1.82) is 0 Å². The molecule has 2 aromatic carbocycles. The van der Waals surface area contributed by atoms with Gasteiger partial charge in [-0.2, -0.15) is 0 Å². The van der Waals surface area contributed by atoms with Crippen molar-refractivity contribution in [2.24, 2.45) is 11.7 Å². The summed E-state index contributed by atoms with van der Waals surface area (Å²) >= 11 is 0. The third kappa shape index (κ3) is 5.33. The Morgan fingerprint density at radius 1 is 1.04 bits per heavy atom. The molecule has 1 aliphatic rings. The molecule has 3 rings (SSSR count). The lowest BCUT2D eigenvalue weighted by atomic mass is 9.90. The molecule has 0 aromatic heterocycles. The molecule has 4 nitrogen and oxygen atoms in total. The molecule has 0 bridgehead atoms.